The van der Waals surface area contributed by atoms with E-state index in [2.05, 4.69) is 5.32 Å². The molecule has 1 atom stereocenters. The Kier molecular flexibility index (Phi) is 8.89. The maximum atomic E-state index is 13.5. The van der Waals surface area contributed by atoms with Crippen LogP contribution in [0.25, 0.3) is 0 Å². The van der Waals surface area contributed by atoms with Crippen molar-refractivity contribution in [3.8, 4) is 0 Å². The molecule has 0 aliphatic heterocycles. The number of hydrogen-bond acceptors (Lipinski definition) is 4. The lowest BCUT2D eigenvalue weighted by molar-refractivity contribution is -0.139. The van der Waals surface area contributed by atoms with Crippen molar-refractivity contribution in [1.29, 1.82) is 0 Å². The number of benzene rings is 2. The Bertz CT molecular complexity index is 1110. The number of nitrogens with one attached hydrogen (secondary N) is 1. The van der Waals surface area contributed by atoms with Gasteiger partial charge in [0, 0.05) is 12.1 Å². The first kappa shape index (κ1) is 27.4. The minimum atomic E-state index is -3.74. The number of carbonyl (C=O) groups is 2. The van der Waals surface area contributed by atoms with Crippen LogP contribution < -0.4 is 9.62 Å². The van der Waals surface area contributed by atoms with E-state index in [4.69, 9.17) is 0 Å². The van der Waals surface area contributed by atoms with Crippen LogP contribution in [0.15, 0.2) is 48.5 Å². The number of hydrogen-bond donors (Lipinski definition) is 1. The molecule has 7 nitrogen and oxygen atoms in total. The molecule has 0 aliphatic rings. The summed E-state index contributed by atoms with van der Waals surface area (Å²) < 4.78 is 26.5. The summed E-state index contributed by atoms with van der Waals surface area (Å²) in [5.74, 6) is -0.718. The van der Waals surface area contributed by atoms with E-state index in [9.17, 15) is 18.0 Å². The standard InChI is InChI=1S/C26H37N3O4S/c1-19-13-14-23(20(2)17-19)29(34(7,32)33)18-24(30)28(16-15-22-11-9-8-10-12-22)21(3)25(31)27-26(4,5)6/h8-14,17,21H,15-16,18H2,1-7H3,(H,27,31)/t21-/m0/s1. The van der Waals surface area contributed by atoms with Crippen molar-refractivity contribution in [2.45, 2.75) is 59.5 Å². The molecule has 0 radical (unpaired) electrons. The lowest BCUT2D eigenvalue weighted by Crippen LogP contribution is -2.55. The first-order valence-corrected chi connectivity index (χ1v) is 13.2. The highest BCUT2D eigenvalue weighted by Gasteiger charge is 2.31. The maximum absolute atomic E-state index is 13.5. The molecule has 0 aromatic heterocycles. The van der Waals surface area contributed by atoms with Gasteiger partial charge < -0.3 is 10.2 Å². The van der Waals surface area contributed by atoms with E-state index in [1.807, 2.05) is 77.1 Å². The highest BCUT2D eigenvalue weighted by molar-refractivity contribution is 7.92. The van der Waals surface area contributed by atoms with Gasteiger partial charge in [0.1, 0.15) is 12.6 Å². The zero-order valence-electron chi connectivity index (χ0n) is 21.3. The van der Waals surface area contributed by atoms with Gasteiger partial charge in [-0.1, -0.05) is 48.0 Å². The highest BCUT2D eigenvalue weighted by atomic mass is 32.2. The molecule has 0 bridgehead atoms. The van der Waals surface area contributed by atoms with Crippen molar-refractivity contribution in [1.82, 2.24) is 10.2 Å². The molecule has 2 aromatic carbocycles. The molecule has 8 heteroatoms. The smallest absolute Gasteiger partial charge is 0.244 e. The summed E-state index contributed by atoms with van der Waals surface area (Å²) in [6.07, 6.45) is 1.63. The third-order valence-corrected chi connectivity index (χ3v) is 6.58. The van der Waals surface area contributed by atoms with E-state index < -0.39 is 27.5 Å². The molecule has 0 spiro atoms. The van der Waals surface area contributed by atoms with E-state index in [1.54, 1.807) is 13.0 Å². The molecule has 0 heterocycles. The summed E-state index contributed by atoms with van der Waals surface area (Å²) in [6, 6.07) is 14.3. The molecule has 0 saturated heterocycles. The average molecular weight is 488 g/mol. The minimum absolute atomic E-state index is 0.284. The van der Waals surface area contributed by atoms with E-state index in [0.29, 0.717) is 12.1 Å². The number of nitrogens with zero attached hydrogens (tertiary/aromatic N) is 2. The van der Waals surface area contributed by atoms with Crippen LogP contribution in [-0.2, 0) is 26.0 Å². The van der Waals surface area contributed by atoms with E-state index in [1.165, 1.54) is 4.90 Å². The molecule has 0 fully saturated rings. The van der Waals surface area contributed by atoms with Crippen LogP contribution >= 0.6 is 0 Å². The second kappa shape index (κ2) is 11.0. The van der Waals surface area contributed by atoms with Crippen LogP contribution in [-0.4, -0.2) is 56.1 Å². The number of amides is 2. The third-order valence-electron chi connectivity index (χ3n) is 5.45. The SMILES string of the molecule is Cc1ccc(N(CC(=O)N(CCc2ccccc2)[C@@H](C)C(=O)NC(C)(C)C)S(C)(=O)=O)c(C)c1. The van der Waals surface area contributed by atoms with Crippen molar-refractivity contribution < 1.29 is 18.0 Å². The van der Waals surface area contributed by atoms with Gasteiger partial charge in [-0.3, -0.25) is 13.9 Å². The summed E-state index contributed by atoms with van der Waals surface area (Å²) >= 11 is 0. The van der Waals surface area contributed by atoms with Crippen molar-refractivity contribution in [3.05, 3.63) is 65.2 Å². The van der Waals surface area contributed by atoms with Gasteiger partial charge in [0.2, 0.25) is 21.8 Å². The fourth-order valence-corrected chi connectivity index (χ4v) is 4.63. The van der Waals surface area contributed by atoms with Crippen LogP contribution in [0.2, 0.25) is 0 Å². The predicted molar refractivity (Wildman–Crippen MR) is 137 cm³/mol. The first-order chi connectivity index (χ1) is 15.7. The number of aryl methyl sites for hydroxylation is 2. The zero-order valence-corrected chi connectivity index (χ0v) is 22.1. The third kappa shape index (κ3) is 7.87. The molecular weight excluding hydrogens is 450 g/mol. The molecule has 0 saturated carbocycles. The Labute approximate surface area is 204 Å². The van der Waals surface area contributed by atoms with Crippen LogP contribution in [0, 0.1) is 13.8 Å². The Morgan fingerprint density at radius 3 is 2.18 bits per heavy atom. The quantitative estimate of drug-likeness (QED) is 0.587. The monoisotopic (exact) mass is 487 g/mol. The second-order valence-electron chi connectivity index (χ2n) is 9.80. The lowest BCUT2D eigenvalue weighted by atomic mass is 10.1. The fraction of sp³-hybridized carbons (Fsp3) is 0.462. The van der Waals surface area contributed by atoms with Crippen molar-refractivity contribution in [3.63, 3.8) is 0 Å². The second-order valence-corrected chi connectivity index (χ2v) is 11.7. The number of carbonyl (C=O) groups excluding carboxylic acids is 2. The van der Waals surface area contributed by atoms with Gasteiger partial charge in [-0.2, -0.15) is 0 Å². The summed E-state index contributed by atoms with van der Waals surface area (Å²) in [4.78, 5) is 27.9. The van der Waals surface area contributed by atoms with Crippen molar-refractivity contribution in [2.75, 3.05) is 23.7 Å². The molecule has 2 aromatic rings. The first-order valence-electron chi connectivity index (χ1n) is 11.4. The molecular formula is C26H37N3O4S. The molecule has 0 aliphatic carbocycles. The van der Waals surface area contributed by atoms with Crippen LogP contribution in [0.1, 0.15) is 44.4 Å². The van der Waals surface area contributed by atoms with Crippen LogP contribution in [0.5, 0.6) is 0 Å². The van der Waals surface area contributed by atoms with Gasteiger partial charge in [0.15, 0.2) is 0 Å². The Morgan fingerprint density at radius 2 is 1.65 bits per heavy atom. The van der Waals surface area contributed by atoms with Crippen molar-refractivity contribution in [2.24, 2.45) is 0 Å². The molecule has 2 amide bonds. The summed E-state index contributed by atoms with van der Waals surface area (Å²) in [6.45, 7) is 10.9. The van der Waals surface area contributed by atoms with Crippen molar-refractivity contribution >= 4 is 27.5 Å². The van der Waals surface area contributed by atoms with Gasteiger partial charge >= 0.3 is 0 Å². The van der Waals surface area contributed by atoms with Gasteiger partial charge in [-0.25, -0.2) is 8.42 Å². The Morgan fingerprint density at radius 1 is 1.03 bits per heavy atom. The minimum Gasteiger partial charge on any atom is -0.350 e. The highest BCUT2D eigenvalue weighted by Crippen LogP contribution is 2.24. The molecule has 186 valence electrons. The zero-order chi connectivity index (χ0) is 25.7. The van der Waals surface area contributed by atoms with Gasteiger partial charge in [-0.15, -0.1) is 0 Å². The Balaban J connectivity index is 2.36. The lowest BCUT2D eigenvalue weighted by Gasteiger charge is -2.33. The number of rotatable bonds is 9. The molecule has 0 unspecified atom stereocenters. The van der Waals surface area contributed by atoms with E-state index in [-0.39, 0.29) is 19.0 Å². The number of sulfonamides is 1. The largest absolute Gasteiger partial charge is 0.350 e. The van der Waals surface area contributed by atoms with E-state index in [0.717, 1.165) is 27.3 Å². The van der Waals surface area contributed by atoms with Gasteiger partial charge in [-0.05, 0) is 65.2 Å². The predicted octanol–water partition coefficient (Wildman–Crippen LogP) is 3.44. The normalized spacial score (nSPS) is 12.7. The topological polar surface area (TPSA) is 86.8 Å². The van der Waals surface area contributed by atoms with Gasteiger partial charge in [0.25, 0.3) is 0 Å². The van der Waals surface area contributed by atoms with Crippen LogP contribution in [0.3, 0.4) is 0 Å². The fourth-order valence-electron chi connectivity index (χ4n) is 3.72. The molecule has 34 heavy (non-hydrogen) atoms. The summed E-state index contributed by atoms with van der Waals surface area (Å²) in [5.41, 5.74) is 2.78. The summed E-state index contributed by atoms with van der Waals surface area (Å²) in [7, 11) is -3.74. The van der Waals surface area contributed by atoms with Gasteiger partial charge in [0.05, 0.1) is 11.9 Å². The Hall–Kier alpha value is -2.87. The average Bonchev–Trinajstić information content (AvgIpc) is 2.71. The van der Waals surface area contributed by atoms with Crippen LogP contribution in [0.4, 0.5) is 5.69 Å². The molecule has 1 N–H and O–H groups in total. The maximum Gasteiger partial charge on any atom is 0.244 e. The summed E-state index contributed by atoms with van der Waals surface area (Å²) in [5, 5.41) is 2.92. The molecule has 2 rings (SSSR count). The van der Waals surface area contributed by atoms with E-state index >= 15 is 0 Å². The number of anilines is 1.